The Morgan fingerprint density at radius 3 is 2.67 bits per heavy atom. The molecule has 9 heteroatoms. The van der Waals surface area contributed by atoms with Crippen LogP contribution < -0.4 is 9.46 Å². The average molecular weight is 325 g/mol. The lowest BCUT2D eigenvalue weighted by Gasteiger charge is -2.10. The molecular weight excluding hydrogens is 308 g/mol. The molecule has 1 aromatic rings. The van der Waals surface area contributed by atoms with Gasteiger partial charge in [-0.2, -0.15) is 0 Å². The first-order valence-electron chi connectivity index (χ1n) is 6.04. The van der Waals surface area contributed by atoms with Crippen LogP contribution in [-0.2, 0) is 21.4 Å². The van der Waals surface area contributed by atoms with Crippen molar-refractivity contribution in [3.05, 3.63) is 23.8 Å². The van der Waals surface area contributed by atoms with E-state index in [9.17, 15) is 17.2 Å². The number of ether oxygens (including phenoxy) is 2. The molecule has 0 aliphatic rings. The summed E-state index contributed by atoms with van der Waals surface area (Å²) in [5, 5.41) is 9.15. The Morgan fingerprint density at radius 2 is 2.10 bits per heavy atom. The summed E-state index contributed by atoms with van der Waals surface area (Å²) in [6.07, 6.45) is -2.59. The normalized spacial score (nSPS) is 11.9. The van der Waals surface area contributed by atoms with E-state index in [4.69, 9.17) is 9.84 Å². The van der Waals surface area contributed by atoms with Crippen LogP contribution in [0.5, 0.6) is 5.75 Å². The van der Waals surface area contributed by atoms with Gasteiger partial charge in [-0.05, 0) is 18.2 Å². The van der Waals surface area contributed by atoms with Gasteiger partial charge < -0.3 is 14.6 Å². The van der Waals surface area contributed by atoms with Gasteiger partial charge in [0, 0.05) is 12.1 Å². The lowest BCUT2D eigenvalue weighted by molar-refractivity contribution is 0.0199. The Balaban J connectivity index is 2.66. The lowest BCUT2D eigenvalue weighted by atomic mass is 10.2. The highest BCUT2D eigenvalue weighted by atomic mass is 32.2. The van der Waals surface area contributed by atoms with E-state index in [1.165, 1.54) is 25.3 Å². The van der Waals surface area contributed by atoms with Gasteiger partial charge in [0.05, 0.1) is 25.2 Å². The highest BCUT2D eigenvalue weighted by molar-refractivity contribution is 7.89. The van der Waals surface area contributed by atoms with Crippen molar-refractivity contribution in [3.63, 3.8) is 0 Å². The Morgan fingerprint density at radius 1 is 1.38 bits per heavy atom. The standard InChI is InChI=1S/C12H17F2NO5S/c1-19-11-3-2-10(6-9(11)7-16)21(17,18)15-4-5-20-8-12(13)14/h2-3,6,12,15-16H,4-5,7-8H2,1H3. The predicted octanol–water partition coefficient (Wildman–Crippen LogP) is 0.747. The minimum Gasteiger partial charge on any atom is -0.496 e. The summed E-state index contributed by atoms with van der Waals surface area (Å²) in [5.41, 5.74) is 0.328. The van der Waals surface area contributed by atoms with Crippen molar-refractivity contribution in [3.8, 4) is 5.75 Å². The van der Waals surface area contributed by atoms with Crippen LogP contribution >= 0.6 is 0 Å². The highest BCUT2D eigenvalue weighted by Gasteiger charge is 2.16. The summed E-state index contributed by atoms with van der Waals surface area (Å²) in [7, 11) is -2.40. The monoisotopic (exact) mass is 325 g/mol. The quantitative estimate of drug-likeness (QED) is 0.655. The third-order valence-corrected chi connectivity index (χ3v) is 3.97. The number of aliphatic hydroxyl groups is 1. The van der Waals surface area contributed by atoms with Crippen LogP contribution in [0.15, 0.2) is 23.1 Å². The van der Waals surface area contributed by atoms with Crippen LogP contribution in [0.2, 0.25) is 0 Å². The van der Waals surface area contributed by atoms with Gasteiger partial charge in [-0.3, -0.25) is 0 Å². The van der Waals surface area contributed by atoms with E-state index in [-0.39, 0.29) is 24.7 Å². The molecule has 0 spiro atoms. The van der Waals surface area contributed by atoms with Gasteiger partial charge in [0.15, 0.2) is 0 Å². The number of aliphatic hydroxyl groups excluding tert-OH is 1. The maximum absolute atomic E-state index is 12.0. The van der Waals surface area contributed by atoms with Crippen LogP contribution in [0.25, 0.3) is 0 Å². The Kier molecular flexibility index (Phi) is 6.96. The Hall–Kier alpha value is -1.29. The smallest absolute Gasteiger partial charge is 0.261 e. The number of halogens is 2. The van der Waals surface area contributed by atoms with Gasteiger partial charge >= 0.3 is 0 Å². The molecule has 0 fully saturated rings. The number of hydrogen-bond donors (Lipinski definition) is 2. The molecule has 0 heterocycles. The third-order valence-electron chi connectivity index (χ3n) is 2.51. The fourth-order valence-electron chi connectivity index (χ4n) is 1.55. The van der Waals surface area contributed by atoms with Crippen molar-refractivity contribution >= 4 is 10.0 Å². The number of hydrogen-bond acceptors (Lipinski definition) is 5. The number of nitrogens with one attached hydrogen (secondary N) is 1. The van der Waals surface area contributed by atoms with Crippen LogP contribution in [0, 0.1) is 0 Å². The first-order valence-corrected chi connectivity index (χ1v) is 7.52. The van der Waals surface area contributed by atoms with E-state index in [1.54, 1.807) is 0 Å². The zero-order valence-electron chi connectivity index (χ0n) is 11.4. The summed E-state index contributed by atoms with van der Waals surface area (Å²) in [6.45, 7) is -1.40. The molecule has 1 aromatic carbocycles. The first-order chi connectivity index (χ1) is 9.90. The fraction of sp³-hybridized carbons (Fsp3) is 0.500. The van der Waals surface area contributed by atoms with Gasteiger partial charge in [0.2, 0.25) is 10.0 Å². The molecule has 0 aromatic heterocycles. The molecule has 0 saturated heterocycles. The predicted molar refractivity (Wildman–Crippen MR) is 70.9 cm³/mol. The van der Waals surface area contributed by atoms with E-state index in [1.807, 2.05) is 0 Å². The molecule has 120 valence electrons. The van der Waals surface area contributed by atoms with E-state index >= 15 is 0 Å². The number of benzene rings is 1. The zero-order valence-corrected chi connectivity index (χ0v) is 12.2. The Bertz CT molecular complexity index is 551. The molecule has 0 bridgehead atoms. The van der Waals surface area contributed by atoms with E-state index in [0.717, 1.165) is 0 Å². The summed E-state index contributed by atoms with van der Waals surface area (Å²) in [6, 6.07) is 4.02. The molecule has 0 atom stereocenters. The summed E-state index contributed by atoms with van der Waals surface area (Å²) < 4.78 is 59.3. The van der Waals surface area contributed by atoms with Crippen molar-refractivity contribution in [1.82, 2.24) is 4.72 Å². The number of methoxy groups -OCH3 is 1. The van der Waals surface area contributed by atoms with Crippen molar-refractivity contribution in [2.75, 3.05) is 26.9 Å². The van der Waals surface area contributed by atoms with Gasteiger partial charge in [0.25, 0.3) is 6.43 Å². The summed E-state index contributed by atoms with van der Waals surface area (Å²) >= 11 is 0. The van der Waals surface area contributed by atoms with Crippen molar-refractivity contribution in [1.29, 1.82) is 0 Å². The van der Waals surface area contributed by atoms with Crippen molar-refractivity contribution < 1.29 is 31.8 Å². The fourth-order valence-corrected chi connectivity index (χ4v) is 2.61. The zero-order chi connectivity index (χ0) is 15.9. The van der Waals surface area contributed by atoms with Gasteiger partial charge in [0.1, 0.15) is 12.4 Å². The molecule has 0 aliphatic heterocycles. The molecule has 1 rings (SSSR count). The molecule has 0 unspecified atom stereocenters. The topological polar surface area (TPSA) is 84.9 Å². The molecule has 6 nitrogen and oxygen atoms in total. The number of rotatable bonds is 9. The minimum atomic E-state index is -3.80. The molecule has 0 aliphatic carbocycles. The Labute approximate surface area is 121 Å². The van der Waals surface area contributed by atoms with Gasteiger partial charge in [-0.1, -0.05) is 0 Å². The molecule has 2 N–H and O–H groups in total. The van der Waals surface area contributed by atoms with Gasteiger partial charge in [-0.15, -0.1) is 0 Å². The van der Waals surface area contributed by atoms with Gasteiger partial charge in [-0.25, -0.2) is 21.9 Å². The third kappa shape index (κ3) is 5.54. The van der Waals surface area contributed by atoms with E-state index in [0.29, 0.717) is 11.3 Å². The first kappa shape index (κ1) is 17.8. The van der Waals surface area contributed by atoms with Crippen molar-refractivity contribution in [2.45, 2.75) is 17.9 Å². The maximum Gasteiger partial charge on any atom is 0.261 e. The summed E-state index contributed by atoms with van der Waals surface area (Å²) in [5.74, 6) is 0.372. The van der Waals surface area contributed by atoms with Crippen LogP contribution in [0.4, 0.5) is 8.78 Å². The molecule has 0 saturated carbocycles. The average Bonchev–Trinajstić information content (AvgIpc) is 2.45. The maximum atomic E-state index is 12.0. The SMILES string of the molecule is COc1ccc(S(=O)(=O)NCCOCC(F)F)cc1CO. The van der Waals surface area contributed by atoms with E-state index in [2.05, 4.69) is 9.46 Å². The second-order valence-corrected chi connectivity index (χ2v) is 5.76. The lowest BCUT2D eigenvalue weighted by Crippen LogP contribution is -2.28. The number of sulfonamides is 1. The highest BCUT2D eigenvalue weighted by Crippen LogP contribution is 2.22. The summed E-state index contributed by atoms with van der Waals surface area (Å²) in [4.78, 5) is -0.0544. The largest absolute Gasteiger partial charge is 0.496 e. The van der Waals surface area contributed by atoms with Crippen LogP contribution in [-0.4, -0.2) is 46.8 Å². The molecular formula is C12H17F2NO5S. The second kappa shape index (κ2) is 8.23. The molecule has 0 amide bonds. The molecule has 0 radical (unpaired) electrons. The van der Waals surface area contributed by atoms with E-state index < -0.39 is 23.1 Å². The minimum absolute atomic E-state index is 0.0544. The van der Waals surface area contributed by atoms with Crippen LogP contribution in [0.1, 0.15) is 5.56 Å². The second-order valence-electron chi connectivity index (χ2n) is 4.00. The molecule has 21 heavy (non-hydrogen) atoms. The van der Waals surface area contributed by atoms with Crippen molar-refractivity contribution in [2.24, 2.45) is 0 Å². The van der Waals surface area contributed by atoms with Crippen LogP contribution in [0.3, 0.4) is 0 Å². The number of alkyl halides is 2.